The number of hydrogen-bond donors (Lipinski definition) is 1. The Morgan fingerprint density at radius 1 is 1.29 bits per heavy atom. The van der Waals surface area contributed by atoms with Crippen molar-refractivity contribution < 1.29 is 14.3 Å². The summed E-state index contributed by atoms with van der Waals surface area (Å²) in [5, 5.41) is 3.35. The molecule has 1 aromatic rings. The van der Waals surface area contributed by atoms with E-state index in [0.29, 0.717) is 18.6 Å². The first-order valence-electron chi connectivity index (χ1n) is 7.30. The molecule has 21 heavy (non-hydrogen) atoms. The van der Waals surface area contributed by atoms with Gasteiger partial charge in [0, 0.05) is 24.4 Å². The molecule has 1 fully saturated rings. The SMILES string of the molecule is CCNC(C)c1ccc(OC)c(CN2C(=O)CCC2=O)c1. The Labute approximate surface area is 125 Å². The molecule has 1 aliphatic rings. The maximum absolute atomic E-state index is 11.8. The number of carbonyl (C=O) groups excluding carboxylic acids is 2. The minimum absolute atomic E-state index is 0.104. The van der Waals surface area contributed by atoms with Gasteiger partial charge in [0.15, 0.2) is 0 Å². The van der Waals surface area contributed by atoms with Crippen molar-refractivity contribution in [1.82, 2.24) is 10.2 Å². The predicted molar refractivity (Wildman–Crippen MR) is 79.9 cm³/mol. The number of nitrogens with zero attached hydrogens (tertiary/aromatic N) is 1. The lowest BCUT2D eigenvalue weighted by Crippen LogP contribution is -2.28. The third kappa shape index (κ3) is 3.42. The number of methoxy groups -OCH3 is 1. The molecule has 0 spiro atoms. The van der Waals surface area contributed by atoms with Gasteiger partial charge in [0.2, 0.25) is 11.8 Å². The second-order valence-corrected chi connectivity index (χ2v) is 5.22. The zero-order valence-corrected chi connectivity index (χ0v) is 12.8. The van der Waals surface area contributed by atoms with Gasteiger partial charge in [-0.25, -0.2) is 0 Å². The maximum atomic E-state index is 11.8. The maximum Gasteiger partial charge on any atom is 0.230 e. The van der Waals surface area contributed by atoms with Crippen LogP contribution in [0.4, 0.5) is 0 Å². The fourth-order valence-corrected chi connectivity index (χ4v) is 2.59. The molecule has 2 amide bonds. The molecule has 1 heterocycles. The van der Waals surface area contributed by atoms with Gasteiger partial charge >= 0.3 is 0 Å². The summed E-state index contributed by atoms with van der Waals surface area (Å²) in [6, 6.07) is 6.11. The molecule has 0 saturated carbocycles. The molecular weight excluding hydrogens is 268 g/mol. The highest BCUT2D eigenvalue weighted by molar-refractivity contribution is 6.01. The Morgan fingerprint density at radius 3 is 2.52 bits per heavy atom. The summed E-state index contributed by atoms with van der Waals surface area (Å²) in [5.41, 5.74) is 1.98. The van der Waals surface area contributed by atoms with E-state index in [-0.39, 0.29) is 24.4 Å². The van der Waals surface area contributed by atoms with Crippen LogP contribution in [0.3, 0.4) is 0 Å². The van der Waals surface area contributed by atoms with Crippen molar-refractivity contribution in [2.75, 3.05) is 13.7 Å². The molecular formula is C16H22N2O3. The van der Waals surface area contributed by atoms with Gasteiger partial charge in [0.1, 0.15) is 5.75 Å². The summed E-state index contributed by atoms with van der Waals surface area (Å²) >= 11 is 0. The number of carbonyl (C=O) groups is 2. The van der Waals surface area contributed by atoms with E-state index in [0.717, 1.165) is 17.7 Å². The van der Waals surface area contributed by atoms with E-state index in [9.17, 15) is 9.59 Å². The Morgan fingerprint density at radius 2 is 1.95 bits per heavy atom. The quantitative estimate of drug-likeness (QED) is 0.814. The molecule has 1 aliphatic heterocycles. The van der Waals surface area contributed by atoms with Gasteiger partial charge in [0.05, 0.1) is 13.7 Å². The summed E-state index contributed by atoms with van der Waals surface area (Å²) in [6.07, 6.45) is 0.628. The van der Waals surface area contributed by atoms with Gasteiger partial charge in [-0.2, -0.15) is 0 Å². The number of imide groups is 1. The number of benzene rings is 1. The van der Waals surface area contributed by atoms with Crippen LogP contribution in [0, 0.1) is 0 Å². The monoisotopic (exact) mass is 290 g/mol. The predicted octanol–water partition coefficient (Wildman–Crippen LogP) is 2.01. The van der Waals surface area contributed by atoms with Crippen LogP contribution in [0.15, 0.2) is 18.2 Å². The molecule has 1 N–H and O–H groups in total. The van der Waals surface area contributed by atoms with E-state index in [1.807, 2.05) is 18.2 Å². The number of ether oxygens (including phenoxy) is 1. The molecule has 1 unspecified atom stereocenters. The Balaban J connectivity index is 2.25. The first-order chi connectivity index (χ1) is 10.1. The van der Waals surface area contributed by atoms with Gasteiger partial charge in [0.25, 0.3) is 0 Å². The van der Waals surface area contributed by atoms with Crippen LogP contribution in [0.5, 0.6) is 5.75 Å². The summed E-state index contributed by atoms with van der Waals surface area (Å²) < 4.78 is 5.35. The minimum atomic E-state index is -0.104. The van der Waals surface area contributed by atoms with E-state index < -0.39 is 0 Å². The summed E-state index contributed by atoms with van der Waals surface area (Å²) in [4.78, 5) is 24.8. The summed E-state index contributed by atoms with van der Waals surface area (Å²) in [7, 11) is 1.60. The van der Waals surface area contributed by atoms with Gasteiger partial charge in [-0.3, -0.25) is 14.5 Å². The van der Waals surface area contributed by atoms with Crippen molar-refractivity contribution in [1.29, 1.82) is 0 Å². The third-order valence-corrected chi connectivity index (χ3v) is 3.80. The number of rotatable bonds is 6. The smallest absolute Gasteiger partial charge is 0.230 e. The minimum Gasteiger partial charge on any atom is -0.496 e. The molecule has 2 rings (SSSR count). The molecule has 0 aromatic heterocycles. The summed E-state index contributed by atoms with van der Waals surface area (Å²) in [6.45, 7) is 5.31. The van der Waals surface area contributed by atoms with Crippen molar-refractivity contribution in [3.05, 3.63) is 29.3 Å². The van der Waals surface area contributed by atoms with Gasteiger partial charge in [-0.05, 0) is 31.2 Å². The fraction of sp³-hybridized carbons (Fsp3) is 0.500. The third-order valence-electron chi connectivity index (χ3n) is 3.80. The second kappa shape index (κ2) is 6.72. The lowest BCUT2D eigenvalue weighted by atomic mass is 10.0. The standard InChI is InChI=1S/C16H22N2O3/c1-4-17-11(2)12-5-6-14(21-3)13(9-12)10-18-15(19)7-8-16(18)20/h5-6,9,11,17H,4,7-8,10H2,1-3H3. The van der Waals surface area contributed by atoms with E-state index >= 15 is 0 Å². The van der Waals surface area contributed by atoms with Gasteiger partial charge in [-0.1, -0.05) is 13.0 Å². The van der Waals surface area contributed by atoms with Crippen LogP contribution in [-0.4, -0.2) is 30.4 Å². The Bertz CT molecular complexity index is 526. The fourth-order valence-electron chi connectivity index (χ4n) is 2.59. The number of likely N-dealkylation sites (tertiary alicyclic amines) is 1. The van der Waals surface area contributed by atoms with E-state index in [4.69, 9.17) is 4.74 Å². The van der Waals surface area contributed by atoms with Crippen molar-refractivity contribution in [2.24, 2.45) is 0 Å². The lowest BCUT2D eigenvalue weighted by molar-refractivity contribution is -0.139. The van der Waals surface area contributed by atoms with Crippen LogP contribution in [0.2, 0.25) is 0 Å². The molecule has 114 valence electrons. The summed E-state index contributed by atoms with van der Waals surface area (Å²) in [5.74, 6) is 0.495. The number of hydrogen-bond acceptors (Lipinski definition) is 4. The van der Waals surface area contributed by atoms with E-state index in [1.165, 1.54) is 4.90 Å². The van der Waals surface area contributed by atoms with Crippen molar-refractivity contribution in [2.45, 2.75) is 39.3 Å². The van der Waals surface area contributed by atoms with Crippen molar-refractivity contribution in [3.8, 4) is 5.75 Å². The first-order valence-corrected chi connectivity index (χ1v) is 7.30. The molecule has 5 heteroatoms. The highest BCUT2D eigenvalue weighted by atomic mass is 16.5. The second-order valence-electron chi connectivity index (χ2n) is 5.22. The Hall–Kier alpha value is -1.88. The first kappa shape index (κ1) is 15.5. The largest absolute Gasteiger partial charge is 0.496 e. The molecule has 1 saturated heterocycles. The molecule has 0 bridgehead atoms. The van der Waals surface area contributed by atoms with Crippen LogP contribution in [0.25, 0.3) is 0 Å². The molecule has 1 atom stereocenters. The molecule has 1 aromatic carbocycles. The van der Waals surface area contributed by atoms with Crippen LogP contribution in [0.1, 0.15) is 43.9 Å². The van der Waals surface area contributed by atoms with Crippen molar-refractivity contribution in [3.63, 3.8) is 0 Å². The van der Waals surface area contributed by atoms with E-state index in [2.05, 4.69) is 19.2 Å². The topological polar surface area (TPSA) is 58.6 Å². The number of amides is 2. The molecule has 5 nitrogen and oxygen atoms in total. The van der Waals surface area contributed by atoms with Gasteiger partial charge in [-0.15, -0.1) is 0 Å². The highest BCUT2D eigenvalue weighted by Crippen LogP contribution is 2.26. The van der Waals surface area contributed by atoms with Crippen LogP contribution >= 0.6 is 0 Å². The average Bonchev–Trinajstić information content (AvgIpc) is 2.79. The normalized spacial score (nSPS) is 16.4. The average molecular weight is 290 g/mol. The molecule has 0 aliphatic carbocycles. The number of nitrogens with one attached hydrogen (secondary N) is 1. The zero-order chi connectivity index (χ0) is 15.4. The van der Waals surface area contributed by atoms with Crippen LogP contribution in [-0.2, 0) is 16.1 Å². The van der Waals surface area contributed by atoms with Crippen LogP contribution < -0.4 is 10.1 Å². The van der Waals surface area contributed by atoms with Crippen molar-refractivity contribution >= 4 is 11.8 Å². The highest BCUT2D eigenvalue weighted by Gasteiger charge is 2.29. The molecule has 0 radical (unpaired) electrons. The zero-order valence-electron chi connectivity index (χ0n) is 12.8. The van der Waals surface area contributed by atoms with E-state index in [1.54, 1.807) is 7.11 Å². The Kier molecular flexibility index (Phi) is 4.96. The van der Waals surface area contributed by atoms with Gasteiger partial charge < -0.3 is 10.1 Å². The lowest BCUT2D eigenvalue weighted by Gasteiger charge is -2.19.